The summed E-state index contributed by atoms with van der Waals surface area (Å²) in [6, 6.07) is 3.14. The first kappa shape index (κ1) is 26.4. The van der Waals surface area contributed by atoms with Crippen molar-refractivity contribution in [3.05, 3.63) is 52.0 Å². The van der Waals surface area contributed by atoms with Crippen molar-refractivity contribution in [1.29, 1.82) is 0 Å². The fourth-order valence-corrected chi connectivity index (χ4v) is 5.96. The van der Waals surface area contributed by atoms with Crippen LogP contribution in [0.3, 0.4) is 0 Å². The Morgan fingerprint density at radius 1 is 1.14 bits per heavy atom. The van der Waals surface area contributed by atoms with E-state index in [4.69, 9.17) is 10.5 Å². The van der Waals surface area contributed by atoms with Gasteiger partial charge in [0.2, 0.25) is 5.78 Å². The molecule has 6 N–H and O–H groups in total. The van der Waals surface area contributed by atoms with Gasteiger partial charge in [0.05, 0.1) is 23.4 Å². The van der Waals surface area contributed by atoms with Crippen molar-refractivity contribution in [3.63, 3.8) is 0 Å². The van der Waals surface area contributed by atoms with Gasteiger partial charge in [-0.15, -0.1) is 0 Å². The van der Waals surface area contributed by atoms with Crippen LogP contribution in [0.1, 0.15) is 42.6 Å². The first-order chi connectivity index (χ1) is 17.2. The molecule has 0 bridgehead atoms. The molecule has 0 spiro atoms. The highest BCUT2D eigenvalue weighted by atomic mass is 16.5. The fraction of sp³-hybridized carbons (Fsp3) is 0.462. The number of nitrogens with zero attached hydrogens (tertiary/aromatic N) is 1. The van der Waals surface area contributed by atoms with Crippen LogP contribution in [0.15, 0.2) is 40.9 Å². The van der Waals surface area contributed by atoms with Crippen LogP contribution in [0.25, 0.3) is 0 Å². The van der Waals surface area contributed by atoms with Crippen LogP contribution in [-0.2, 0) is 19.1 Å². The van der Waals surface area contributed by atoms with E-state index in [9.17, 15) is 39.6 Å². The minimum absolute atomic E-state index is 0.121. The number of hydrogen-bond acceptors (Lipinski definition) is 10. The third-order valence-electron chi connectivity index (χ3n) is 7.69. The maximum absolute atomic E-state index is 13.7. The highest BCUT2D eigenvalue weighted by molar-refractivity contribution is 6.25. The summed E-state index contributed by atoms with van der Waals surface area (Å²) in [7, 11) is 2.99. The first-order valence-corrected chi connectivity index (χ1v) is 11.8. The Bertz CT molecular complexity index is 1290. The third-order valence-corrected chi connectivity index (χ3v) is 7.69. The number of Topliss-reactive ketones (excluding diaryl/α,β-unsaturated/α-hetero) is 2. The number of amides is 1. The SMILES string of the molecule is CC(C)C(=O)OC1C2C(=C(O)C3(O)C(=O)C(C(N)=O)=C(O)C(N(C)C)C13)C(=O)c1c(O)cccc1C2C. The summed E-state index contributed by atoms with van der Waals surface area (Å²) < 4.78 is 5.85. The molecule has 3 aliphatic carbocycles. The number of phenolic OH excluding ortho intramolecular Hbond substituents is 1. The van der Waals surface area contributed by atoms with E-state index in [-0.39, 0.29) is 11.3 Å². The maximum atomic E-state index is 13.7. The summed E-state index contributed by atoms with van der Waals surface area (Å²) in [5.74, 6) is -10.3. The molecule has 0 saturated heterocycles. The number of ether oxygens (including phenoxy) is 1. The van der Waals surface area contributed by atoms with Gasteiger partial charge in [-0.2, -0.15) is 0 Å². The number of carbonyl (C=O) groups excluding carboxylic acids is 4. The Morgan fingerprint density at radius 2 is 1.76 bits per heavy atom. The molecule has 0 aliphatic heterocycles. The van der Waals surface area contributed by atoms with Crippen molar-refractivity contribution >= 4 is 23.4 Å². The van der Waals surface area contributed by atoms with Gasteiger partial charge >= 0.3 is 5.97 Å². The first-order valence-electron chi connectivity index (χ1n) is 11.8. The second-order valence-corrected chi connectivity index (χ2v) is 10.4. The molecule has 1 aromatic rings. The zero-order chi connectivity index (χ0) is 27.7. The molecule has 1 aromatic carbocycles. The van der Waals surface area contributed by atoms with E-state index in [1.54, 1.807) is 32.9 Å². The smallest absolute Gasteiger partial charge is 0.308 e. The predicted octanol–water partition coefficient (Wildman–Crippen LogP) is 0.859. The predicted molar refractivity (Wildman–Crippen MR) is 128 cm³/mol. The number of primary amides is 1. The lowest BCUT2D eigenvalue weighted by Crippen LogP contribution is -2.69. The van der Waals surface area contributed by atoms with Crippen LogP contribution < -0.4 is 5.73 Å². The van der Waals surface area contributed by atoms with Crippen LogP contribution in [0.4, 0.5) is 0 Å². The van der Waals surface area contributed by atoms with Crippen molar-refractivity contribution < 1.29 is 44.3 Å². The Balaban J connectivity index is 2.11. The molecule has 11 nitrogen and oxygen atoms in total. The number of aromatic hydroxyl groups is 1. The zero-order valence-corrected chi connectivity index (χ0v) is 21.1. The van der Waals surface area contributed by atoms with E-state index in [1.165, 1.54) is 25.1 Å². The lowest BCUT2D eigenvalue weighted by atomic mass is 9.55. The van der Waals surface area contributed by atoms with E-state index < -0.39 is 87.5 Å². The highest BCUT2D eigenvalue weighted by Crippen LogP contribution is 2.56. The molecule has 0 radical (unpaired) electrons. The van der Waals surface area contributed by atoms with Crippen LogP contribution in [0.2, 0.25) is 0 Å². The number of esters is 1. The number of carbonyl (C=O) groups is 4. The van der Waals surface area contributed by atoms with Gasteiger partial charge in [0.25, 0.3) is 5.91 Å². The minimum Gasteiger partial charge on any atom is -0.510 e. The van der Waals surface area contributed by atoms with E-state index in [2.05, 4.69) is 0 Å². The molecule has 198 valence electrons. The van der Waals surface area contributed by atoms with Crippen molar-refractivity contribution in [1.82, 2.24) is 4.90 Å². The van der Waals surface area contributed by atoms with Crippen molar-refractivity contribution in [2.45, 2.75) is 44.4 Å². The number of benzene rings is 1. The summed E-state index contributed by atoms with van der Waals surface area (Å²) in [6.07, 6.45) is -1.41. The molecule has 0 saturated carbocycles. The number of rotatable bonds is 4. The van der Waals surface area contributed by atoms with Crippen LogP contribution in [-0.4, -0.2) is 80.6 Å². The monoisotopic (exact) mass is 514 g/mol. The molecule has 0 fully saturated rings. The lowest BCUT2D eigenvalue weighted by molar-refractivity contribution is -0.183. The summed E-state index contributed by atoms with van der Waals surface area (Å²) in [5, 5.41) is 44.9. The van der Waals surface area contributed by atoms with Gasteiger partial charge in [0.15, 0.2) is 11.4 Å². The van der Waals surface area contributed by atoms with Gasteiger partial charge in [0, 0.05) is 11.5 Å². The average Bonchev–Trinajstić information content (AvgIpc) is 2.80. The normalized spacial score (nSPS) is 31.3. The van der Waals surface area contributed by atoms with Gasteiger partial charge in [-0.25, -0.2) is 0 Å². The fourth-order valence-electron chi connectivity index (χ4n) is 5.96. The molecule has 3 aliphatic rings. The molecular formula is C26H30N2O9. The molecule has 0 heterocycles. The van der Waals surface area contributed by atoms with Gasteiger partial charge < -0.3 is 30.9 Å². The maximum Gasteiger partial charge on any atom is 0.308 e. The summed E-state index contributed by atoms with van der Waals surface area (Å²) in [4.78, 5) is 53.8. The molecule has 11 heteroatoms. The van der Waals surface area contributed by atoms with Crippen LogP contribution >= 0.6 is 0 Å². The Kier molecular flexibility index (Phi) is 6.20. The lowest BCUT2D eigenvalue weighted by Gasteiger charge is -2.54. The Morgan fingerprint density at radius 3 is 2.30 bits per heavy atom. The molecule has 37 heavy (non-hydrogen) atoms. The third kappa shape index (κ3) is 3.48. The molecule has 6 unspecified atom stereocenters. The zero-order valence-electron chi connectivity index (χ0n) is 21.1. The summed E-state index contributed by atoms with van der Waals surface area (Å²) in [5.41, 5.74) is 1.36. The van der Waals surface area contributed by atoms with Crippen LogP contribution in [0, 0.1) is 17.8 Å². The number of aliphatic hydroxyl groups is 3. The Hall–Kier alpha value is -3.70. The number of fused-ring (bicyclic) bond motifs is 3. The van der Waals surface area contributed by atoms with Gasteiger partial charge in [-0.1, -0.05) is 32.9 Å². The van der Waals surface area contributed by atoms with E-state index in [0.29, 0.717) is 5.56 Å². The molecule has 4 rings (SSSR count). The number of likely N-dealkylation sites (N-methyl/N-ethyl adjacent to an activating group) is 1. The molecule has 0 aromatic heterocycles. The quantitative estimate of drug-likeness (QED) is 0.285. The van der Waals surface area contributed by atoms with Gasteiger partial charge in [-0.3, -0.25) is 24.1 Å². The number of ketones is 2. The number of phenols is 1. The van der Waals surface area contributed by atoms with Crippen molar-refractivity contribution in [2.24, 2.45) is 23.5 Å². The largest absolute Gasteiger partial charge is 0.510 e. The van der Waals surface area contributed by atoms with Crippen molar-refractivity contribution in [3.8, 4) is 5.75 Å². The van der Waals surface area contributed by atoms with Crippen molar-refractivity contribution in [2.75, 3.05) is 14.1 Å². The van der Waals surface area contributed by atoms with Gasteiger partial charge in [0.1, 0.15) is 28.9 Å². The second-order valence-electron chi connectivity index (χ2n) is 10.4. The second kappa shape index (κ2) is 8.70. The molecular weight excluding hydrogens is 484 g/mol. The minimum atomic E-state index is -2.95. The molecule has 6 atom stereocenters. The standard InChI is InChI=1S/C26H30N2O9/c1-9(2)25(35)37-21-13-10(3)11-7-6-8-12(29)14(11)19(30)15(13)22(32)26(36)17(21)18(28(4)5)20(31)16(23(26)33)24(27)34/h6-10,13,17-18,21,29,31-32,36H,1-5H3,(H2,27,34). The topological polar surface area (TPSA) is 188 Å². The van der Waals surface area contributed by atoms with E-state index in [1.807, 2.05) is 0 Å². The molecule has 1 amide bonds. The highest BCUT2D eigenvalue weighted by Gasteiger charge is 2.68. The number of aliphatic hydroxyl groups excluding tert-OH is 2. The van der Waals surface area contributed by atoms with Gasteiger partial charge in [-0.05, 0) is 31.6 Å². The summed E-state index contributed by atoms with van der Waals surface area (Å²) in [6.45, 7) is 4.85. The number of hydrogen-bond donors (Lipinski definition) is 5. The number of nitrogens with two attached hydrogens (primary N) is 1. The average molecular weight is 515 g/mol. The van der Waals surface area contributed by atoms with Crippen LogP contribution in [0.5, 0.6) is 5.75 Å². The summed E-state index contributed by atoms with van der Waals surface area (Å²) >= 11 is 0. The van der Waals surface area contributed by atoms with E-state index in [0.717, 1.165) is 0 Å². The Labute approximate surface area is 212 Å². The van der Waals surface area contributed by atoms with E-state index >= 15 is 0 Å².